The van der Waals surface area contributed by atoms with E-state index in [0.717, 1.165) is 32.0 Å². The lowest BCUT2D eigenvalue weighted by atomic mass is 9.79. The van der Waals surface area contributed by atoms with Crippen LogP contribution in [0.3, 0.4) is 0 Å². The molecule has 23 heavy (non-hydrogen) atoms. The van der Waals surface area contributed by atoms with Gasteiger partial charge in [0, 0.05) is 13.0 Å². The molecule has 1 unspecified atom stereocenters. The average Bonchev–Trinajstić information content (AvgIpc) is 3.13. The molecule has 3 nitrogen and oxygen atoms in total. The normalized spacial score (nSPS) is 27.7. The van der Waals surface area contributed by atoms with Gasteiger partial charge in [0.1, 0.15) is 0 Å². The topological polar surface area (TPSA) is 41.1 Å². The molecule has 1 aromatic carbocycles. The van der Waals surface area contributed by atoms with Gasteiger partial charge in [-0.05, 0) is 74.9 Å². The second-order valence-electron chi connectivity index (χ2n) is 7.33. The van der Waals surface area contributed by atoms with E-state index in [9.17, 15) is 4.79 Å². The first-order valence-corrected chi connectivity index (χ1v) is 9.33. The van der Waals surface area contributed by atoms with Gasteiger partial charge in [-0.15, -0.1) is 0 Å². The van der Waals surface area contributed by atoms with E-state index >= 15 is 0 Å². The minimum absolute atomic E-state index is 0.252. The summed E-state index contributed by atoms with van der Waals surface area (Å²) >= 11 is 0. The Bertz CT molecular complexity index is 474. The average molecular weight is 314 g/mol. The first-order chi connectivity index (χ1) is 11.3. The van der Waals surface area contributed by atoms with Crippen molar-refractivity contribution in [2.45, 2.75) is 50.9 Å². The quantitative estimate of drug-likeness (QED) is 0.844. The van der Waals surface area contributed by atoms with Gasteiger partial charge >= 0.3 is 0 Å². The summed E-state index contributed by atoms with van der Waals surface area (Å²) < 4.78 is 0. The van der Waals surface area contributed by atoms with Gasteiger partial charge in [-0.2, -0.15) is 0 Å². The summed E-state index contributed by atoms with van der Waals surface area (Å²) in [5.41, 5.74) is 1.49. The van der Waals surface area contributed by atoms with Crippen LogP contribution in [0.25, 0.3) is 0 Å². The van der Waals surface area contributed by atoms with E-state index in [1.54, 1.807) is 0 Å². The third-order valence-corrected chi connectivity index (χ3v) is 5.65. The van der Waals surface area contributed by atoms with Crippen molar-refractivity contribution in [2.75, 3.05) is 19.6 Å². The molecule has 1 saturated carbocycles. The highest BCUT2D eigenvalue weighted by Crippen LogP contribution is 2.35. The lowest BCUT2D eigenvalue weighted by Gasteiger charge is -2.29. The fraction of sp³-hybridized carbons (Fsp3) is 0.650. The zero-order valence-corrected chi connectivity index (χ0v) is 14.1. The molecular formula is C20H30N2O. The second-order valence-corrected chi connectivity index (χ2v) is 7.33. The van der Waals surface area contributed by atoms with Crippen molar-refractivity contribution in [3.8, 4) is 0 Å². The lowest BCUT2D eigenvalue weighted by molar-refractivity contribution is -0.121. The van der Waals surface area contributed by atoms with Crippen LogP contribution in [-0.2, 0) is 4.79 Å². The Kier molecular flexibility index (Phi) is 6.09. The first kappa shape index (κ1) is 16.5. The van der Waals surface area contributed by atoms with Crippen LogP contribution in [0.4, 0.5) is 0 Å². The Morgan fingerprint density at radius 1 is 1.04 bits per heavy atom. The number of carbonyl (C=O) groups excluding carboxylic acids is 1. The van der Waals surface area contributed by atoms with Crippen LogP contribution in [0.15, 0.2) is 30.3 Å². The second kappa shape index (κ2) is 8.49. The molecule has 0 radical (unpaired) electrons. The van der Waals surface area contributed by atoms with E-state index in [2.05, 4.69) is 41.0 Å². The van der Waals surface area contributed by atoms with Crippen molar-refractivity contribution in [1.82, 2.24) is 10.6 Å². The van der Waals surface area contributed by atoms with E-state index in [1.165, 1.54) is 37.7 Å². The van der Waals surface area contributed by atoms with Crippen LogP contribution in [-0.4, -0.2) is 25.5 Å². The highest BCUT2D eigenvalue weighted by molar-refractivity contribution is 5.75. The Balaban J connectivity index is 1.32. The molecule has 1 aromatic rings. The van der Waals surface area contributed by atoms with Crippen LogP contribution in [0.1, 0.15) is 56.4 Å². The Morgan fingerprint density at radius 3 is 2.52 bits per heavy atom. The Morgan fingerprint density at radius 2 is 1.83 bits per heavy atom. The summed E-state index contributed by atoms with van der Waals surface area (Å²) in [6.07, 6.45) is 7.98. The zero-order valence-electron chi connectivity index (χ0n) is 14.1. The van der Waals surface area contributed by atoms with Gasteiger partial charge in [-0.3, -0.25) is 4.79 Å². The van der Waals surface area contributed by atoms with E-state index in [-0.39, 0.29) is 5.91 Å². The third kappa shape index (κ3) is 5.07. The summed E-state index contributed by atoms with van der Waals surface area (Å²) in [6, 6.07) is 10.9. The molecule has 1 heterocycles. The maximum atomic E-state index is 12.0. The number of benzene rings is 1. The van der Waals surface area contributed by atoms with Crippen molar-refractivity contribution < 1.29 is 4.79 Å². The van der Waals surface area contributed by atoms with Gasteiger partial charge in [-0.25, -0.2) is 0 Å². The number of amides is 1. The highest BCUT2D eigenvalue weighted by atomic mass is 16.1. The van der Waals surface area contributed by atoms with Crippen molar-refractivity contribution in [3.05, 3.63) is 35.9 Å². The summed E-state index contributed by atoms with van der Waals surface area (Å²) in [4.78, 5) is 12.0. The third-order valence-electron chi connectivity index (χ3n) is 5.65. The summed E-state index contributed by atoms with van der Waals surface area (Å²) in [6.45, 7) is 3.09. The van der Waals surface area contributed by atoms with E-state index in [4.69, 9.17) is 0 Å². The fourth-order valence-electron chi connectivity index (χ4n) is 4.07. The molecule has 2 aliphatic rings. The fourth-order valence-corrected chi connectivity index (χ4v) is 4.07. The van der Waals surface area contributed by atoms with Gasteiger partial charge in [0.2, 0.25) is 5.91 Å². The largest absolute Gasteiger partial charge is 0.356 e. The van der Waals surface area contributed by atoms with Crippen molar-refractivity contribution in [2.24, 2.45) is 11.8 Å². The van der Waals surface area contributed by atoms with Gasteiger partial charge in [-0.1, -0.05) is 30.3 Å². The SMILES string of the molecule is O=C(CCC1CCNC1)NCC1CCC(c2ccccc2)CC1. The predicted octanol–water partition coefficient (Wildman–Crippen LogP) is 3.47. The molecule has 0 bridgehead atoms. The molecule has 1 amide bonds. The lowest BCUT2D eigenvalue weighted by Crippen LogP contribution is -2.31. The van der Waals surface area contributed by atoms with Crippen molar-refractivity contribution >= 4 is 5.91 Å². The molecule has 1 aliphatic heterocycles. The zero-order chi connectivity index (χ0) is 15.9. The maximum absolute atomic E-state index is 12.0. The van der Waals surface area contributed by atoms with Crippen molar-refractivity contribution in [3.63, 3.8) is 0 Å². The maximum Gasteiger partial charge on any atom is 0.220 e. The molecule has 126 valence electrons. The predicted molar refractivity (Wildman–Crippen MR) is 94.4 cm³/mol. The molecule has 3 rings (SSSR count). The molecule has 1 atom stereocenters. The Hall–Kier alpha value is -1.35. The number of rotatable bonds is 6. The smallest absolute Gasteiger partial charge is 0.220 e. The van der Waals surface area contributed by atoms with Crippen LogP contribution in [0.5, 0.6) is 0 Å². The molecule has 2 fully saturated rings. The van der Waals surface area contributed by atoms with Crippen molar-refractivity contribution in [1.29, 1.82) is 0 Å². The van der Waals surface area contributed by atoms with Crippen LogP contribution in [0, 0.1) is 11.8 Å². The Labute approximate surface area is 140 Å². The van der Waals surface area contributed by atoms with Crippen LogP contribution >= 0.6 is 0 Å². The van der Waals surface area contributed by atoms with Gasteiger partial charge in [0.15, 0.2) is 0 Å². The first-order valence-electron chi connectivity index (χ1n) is 9.33. The van der Waals surface area contributed by atoms with Gasteiger partial charge in [0.05, 0.1) is 0 Å². The summed E-state index contributed by atoms with van der Waals surface area (Å²) in [7, 11) is 0. The molecule has 1 aliphatic carbocycles. The van der Waals surface area contributed by atoms with E-state index < -0.39 is 0 Å². The minimum atomic E-state index is 0.252. The monoisotopic (exact) mass is 314 g/mol. The molecule has 2 N–H and O–H groups in total. The number of nitrogens with one attached hydrogen (secondary N) is 2. The van der Waals surface area contributed by atoms with E-state index in [1.807, 2.05) is 0 Å². The summed E-state index contributed by atoms with van der Waals surface area (Å²) in [5.74, 6) is 2.36. The number of carbonyl (C=O) groups is 1. The summed E-state index contributed by atoms with van der Waals surface area (Å²) in [5, 5.41) is 6.54. The van der Waals surface area contributed by atoms with Gasteiger partial charge < -0.3 is 10.6 Å². The van der Waals surface area contributed by atoms with E-state index in [0.29, 0.717) is 18.3 Å². The molecule has 1 saturated heterocycles. The minimum Gasteiger partial charge on any atom is -0.356 e. The van der Waals surface area contributed by atoms with Crippen LogP contribution < -0.4 is 10.6 Å². The molecule has 0 spiro atoms. The molecular weight excluding hydrogens is 284 g/mol. The van der Waals surface area contributed by atoms with Gasteiger partial charge in [0.25, 0.3) is 0 Å². The molecule has 0 aromatic heterocycles. The standard InChI is InChI=1S/C20H30N2O/c23-20(11-8-17-12-13-21-14-17)22-15-16-6-9-19(10-7-16)18-4-2-1-3-5-18/h1-5,16-17,19,21H,6-15H2,(H,22,23). The number of hydrogen-bond acceptors (Lipinski definition) is 2. The van der Waals surface area contributed by atoms with Crippen LogP contribution in [0.2, 0.25) is 0 Å². The molecule has 3 heteroatoms. The number of hydrogen-bond donors (Lipinski definition) is 2. The highest BCUT2D eigenvalue weighted by Gasteiger charge is 2.22.